The molecule has 0 aliphatic carbocycles. The standard InChI is InChI=1S/C26H23ClN4O3S/c27-20-9-6-18(7-10-20)23-11-8-19(16-28)25(30-23)35-17-24(32)34-22-12-14-31(15-13-22)26(33)29-21-4-2-1-3-5-21/h1-11,22H,12-15,17H2,(H,29,33). The smallest absolute Gasteiger partial charge is 0.321 e. The van der Waals surface area contributed by atoms with Gasteiger partial charge >= 0.3 is 12.0 Å². The lowest BCUT2D eigenvalue weighted by Gasteiger charge is -2.31. The normalized spacial score (nSPS) is 13.7. The number of anilines is 1. The van der Waals surface area contributed by atoms with Crippen LogP contribution in [-0.4, -0.2) is 46.8 Å². The number of benzene rings is 2. The number of piperidine rings is 1. The van der Waals surface area contributed by atoms with E-state index in [1.807, 2.05) is 42.5 Å². The largest absolute Gasteiger partial charge is 0.462 e. The van der Waals surface area contributed by atoms with Gasteiger partial charge in [0.2, 0.25) is 0 Å². The van der Waals surface area contributed by atoms with Gasteiger partial charge in [-0.3, -0.25) is 4.79 Å². The van der Waals surface area contributed by atoms with Gasteiger partial charge in [0, 0.05) is 42.2 Å². The number of amides is 2. The lowest BCUT2D eigenvalue weighted by Crippen LogP contribution is -2.43. The number of para-hydroxylation sites is 1. The van der Waals surface area contributed by atoms with Gasteiger partial charge in [-0.05, 0) is 36.4 Å². The highest BCUT2D eigenvalue weighted by Gasteiger charge is 2.25. The van der Waals surface area contributed by atoms with E-state index in [1.54, 1.807) is 29.2 Å². The number of ether oxygens (including phenoxy) is 1. The van der Waals surface area contributed by atoms with E-state index in [9.17, 15) is 14.9 Å². The second-order valence-electron chi connectivity index (χ2n) is 7.93. The number of nitriles is 1. The van der Waals surface area contributed by atoms with Gasteiger partial charge in [0.05, 0.1) is 17.0 Å². The van der Waals surface area contributed by atoms with Crippen molar-refractivity contribution in [1.29, 1.82) is 5.26 Å². The molecule has 2 aromatic carbocycles. The minimum absolute atomic E-state index is 0.0421. The first kappa shape index (κ1) is 24.6. The fourth-order valence-electron chi connectivity index (χ4n) is 3.66. The zero-order valence-corrected chi connectivity index (χ0v) is 20.4. The van der Waals surface area contributed by atoms with E-state index in [4.69, 9.17) is 16.3 Å². The molecule has 0 spiro atoms. The average Bonchev–Trinajstić information content (AvgIpc) is 2.89. The van der Waals surface area contributed by atoms with Gasteiger partial charge in [-0.1, -0.05) is 53.7 Å². The topological polar surface area (TPSA) is 95.3 Å². The number of nitrogens with one attached hydrogen (secondary N) is 1. The van der Waals surface area contributed by atoms with Crippen LogP contribution in [0.1, 0.15) is 18.4 Å². The Balaban J connectivity index is 1.27. The maximum absolute atomic E-state index is 12.5. The van der Waals surface area contributed by atoms with Crippen molar-refractivity contribution in [3.63, 3.8) is 0 Å². The molecule has 7 nitrogen and oxygen atoms in total. The molecule has 1 fully saturated rings. The average molecular weight is 507 g/mol. The van der Waals surface area contributed by atoms with E-state index >= 15 is 0 Å². The Hall–Kier alpha value is -3.54. The zero-order chi connectivity index (χ0) is 24.6. The third kappa shape index (κ3) is 6.75. The lowest BCUT2D eigenvalue weighted by atomic mass is 10.1. The number of rotatable bonds is 6. The number of hydrogen-bond donors (Lipinski definition) is 1. The highest BCUT2D eigenvalue weighted by molar-refractivity contribution is 7.99. The molecule has 0 bridgehead atoms. The first-order valence-electron chi connectivity index (χ1n) is 11.1. The minimum Gasteiger partial charge on any atom is -0.462 e. The molecule has 1 saturated heterocycles. The van der Waals surface area contributed by atoms with Crippen LogP contribution in [0.25, 0.3) is 11.3 Å². The molecular weight excluding hydrogens is 484 g/mol. The van der Waals surface area contributed by atoms with Crippen LogP contribution in [0.3, 0.4) is 0 Å². The first-order chi connectivity index (χ1) is 17.0. The van der Waals surface area contributed by atoms with Gasteiger partial charge in [-0.25, -0.2) is 9.78 Å². The summed E-state index contributed by atoms with van der Waals surface area (Å²) in [7, 11) is 0. The molecule has 0 unspecified atom stereocenters. The predicted molar refractivity (Wildman–Crippen MR) is 136 cm³/mol. The number of carbonyl (C=O) groups is 2. The molecule has 178 valence electrons. The van der Waals surface area contributed by atoms with Crippen LogP contribution in [0.15, 0.2) is 71.8 Å². The molecule has 2 heterocycles. The number of pyridine rings is 1. The van der Waals surface area contributed by atoms with Crippen LogP contribution in [-0.2, 0) is 9.53 Å². The number of likely N-dealkylation sites (tertiary alicyclic amines) is 1. The molecule has 1 N–H and O–H groups in total. The van der Waals surface area contributed by atoms with Gasteiger partial charge in [0.15, 0.2) is 0 Å². The summed E-state index contributed by atoms with van der Waals surface area (Å²) in [6, 6.07) is 22.0. The molecule has 1 aromatic heterocycles. The van der Waals surface area contributed by atoms with Crippen molar-refractivity contribution < 1.29 is 14.3 Å². The van der Waals surface area contributed by atoms with Gasteiger partial charge in [-0.15, -0.1) is 0 Å². The Morgan fingerprint density at radius 3 is 2.49 bits per heavy atom. The summed E-state index contributed by atoms with van der Waals surface area (Å²) in [5.74, 6) is -0.328. The molecule has 1 aliphatic rings. The number of carbonyl (C=O) groups excluding carboxylic acids is 2. The van der Waals surface area contributed by atoms with Crippen LogP contribution in [0.5, 0.6) is 0 Å². The first-order valence-corrected chi connectivity index (χ1v) is 12.5. The Labute approximate surface area is 213 Å². The molecule has 4 rings (SSSR count). The molecule has 0 atom stereocenters. The monoisotopic (exact) mass is 506 g/mol. The molecular formula is C26H23ClN4O3S. The number of halogens is 1. The Morgan fingerprint density at radius 2 is 1.80 bits per heavy atom. The molecule has 2 amide bonds. The summed E-state index contributed by atoms with van der Waals surface area (Å²) in [6.07, 6.45) is 0.909. The predicted octanol–water partition coefficient (Wildman–Crippen LogP) is 5.61. The summed E-state index contributed by atoms with van der Waals surface area (Å²) < 4.78 is 5.62. The molecule has 1 aliphatic heterocycles. The number of esters is 1. The Bertz CT molecular complexity index is 1220. The van der Waals surface area contributed by atoms with E-state index in [2.05, 4.69) is 16.4 Å². The SMILES string of the molecule is N#Cc1ccc(-c2ccc(Cl)cc2)nc1SCC(=O)OC1CCN(C(=O)Nc2ccccc2)CC1. The minimum atomic E-state index is -0.371. The van der Waals surface area contributed by atoms with Crippen molar-refractivity contribution in [3.8, 4) is 17.3 Å². The fourth-order valence-corrected chi connectivity index (χ4v) is 4.55. The van der Waals surface area contributed by atoms with Crippen molar-refractivity contribution in [2.45, 2.75) is 24.0 Å². The number of hydrogen-bond acceptors (Lipinski definition) is 6. The van der Waals surface area contributed by atoms with Crippen molar-refractivity contribution in [3.05, 3.63) is 77.3 Å². The molecule has 9 heteroatoms. The van der Waals surface area contributed by atoms with Crippen LogP contribution in [0.4, 0.5) is 10.5 Å². The fraction of sp³-hybridized carbons (Fsp3) is 0.231. The van der Waals surface area contributed by atoms with Crippen molar-refractivity contribution in [2.75, 3.05) is 24.2 Å². The summed E-state index contributed by atoms with van der Waals surface area (Å²) in [5.41, 5.74) is 2.70. The van der Waals surface area contributed by atoms with Crippen LogP contribution >= 0.6 is 23.4 Å². The van der Waals surface area contributed by atoms with Crippen LogP contribution < -0.4 is 5.32 Å². The lowest BCUT2D eigenvalue weighted by molar-refractivity contribution is -0.147. The second-order valence-corrected chi connectivity index (χ2v) is 9.33. The molecule has 0 saturated carbocycles. The van der Waals surface area contributed by atoms with Gasteiger partial charge in [0.25, 0.3) is 0 Å². The number of thioether (sulfide) groups is 1. The van der Waals surface area contributed by atoms with E-state index in [0.29, 0.717) is 47.2 Å². The number of nitrogens with zero attached hydrogens (tertiary/aromatic N) is 3. The maximum atomic E-state index is 12.5. The number of urea groups is 1. The highest BCUT2D eigenvalue weighted by atomic mass is 35.5. The molecule has 35 heavy (non-hydrogen) atoms. The van der Waals surface area contributed by atoms with Gasteiger partial charge < -0.3 is 15.0 Å². The van der Waals surface area contributed by atoms with Crippen LogP contribution in [0, 0.1) is 11.3 Å². The van der Waals surface area contributed by atoms with Crippen molar-refractivity contribution in [1.82, 2.24) is 9.88 Å². The third-order valence-corrected chi connectivity index (χ3v) is 6.72. The molecule has 3 aromatic rings. The second kappa shape index (κ2) is 11.7. The van der Waals surface area contributed by atoms with E-state index in [-0.39, 0.29) is 23.9 Å². The number of aromatic nitrogens is 1. The van der Waals surface area contributed by atoms with Crippen LogP contribution in [0.2, 0.25) is 5.02 Å². The Morgan fingerprint density at radius 1 is 1.09 bits per heavy atom. The van der Waals surface area contributed by atoms with Crippen molar-refractivity contribution >= 4 is 41.1 Å². The third-order valence-electron chi connectivity index (χ3n) is 5.50. The van der Waals surface area contributed by atoms with E-state index in [0.717, 1.165) is 11.3 Å². The van der Waals surface area contributed by atoms with Gasteiger partial charge in [0.1, 0.15) is 17.2 Å². The quantitative estimate of drug-likeness (QED) is 0.345. The molecule has 0 radical (unpaired) electrons. The van der Waals surface area contributed by atoms with E-state index < -0.39 is 0 Å². The summed E-state index contributed by atoms with van der Waals surface area (Å²) >= 11 is 7.14. The summed E-state index contributed by atoms with van der Waals surface area (Å²) in [5, 5.41) is 13.4. The van der Waals surface area contributed by atoms with E-state index in [1.165, 1.54) is 11.8 Å². The van der Waals surface area contributed by atoms with Gasteiger partial charge in [-0.2, -0.15) is 5.26 Å². The summed E-state index contributed by atoms with van der Waals surface area (Å²) in [6.45, 7) is 1.01. The highest BCUT2D eigenvalue weighted by Crippen LogP contribution is 2.27. The summed E-state index contributed by atoms with van der Waals surface area (Å²) in [4.78, 5) is 31.2. The van der Waals surface area contributed by atoms with Crippen molar-refractivity contribution in [2.24, 2.45) is 0 Å². The zero-order valence-electron chi connectivity index (χ0n) is 18.8. The maximum Gasteiger partial charge on any atom is 0.321 e. The Kier molecular flexibility index (Phi) is 8.24.